The fourth-order valence-corrected chi connectivity index (χ4v) is 3.22. The number of carbonyl (C=O) groups excluding carboxylic acids is 1. The average molecular weight is 352 g/mol. The Balaban J connectivity index is 1.55. The maximum atomic E-state index is 12.2. The van der Waals surface area contributed by atoms with Crippen molar-refractivity contribution in [2.45, 2.75) is 50.7 Å². The maximum Gasteiger partial charge on any atom is 0.287 e. The fraction of sp³-hybridized carbons (Fsp3) is 0.529. The highest BCUT2D eigenvalue weighted by atomic mass is 35.5. The standard InChI is InChI=1S/C17H22ClN3O3/c18-13-9-20-21(10-13)11-14-5-6-15(24-14)16(22)19-12-17(23)7-3-1-2-4-8-17/h5-6,9-10,23H,1-4,7-8,11-12H2,(H,19,22). The lowest BCUT2D eigenvalue weighted by Crippen LogP contribution is -2.42. The van der Waals surface area contributed by atoms with Crippen molar-refractivity contribution in [3.8, 4) is 0 Å². The molecule has 7 heteroatoms. The van der Waals surface area contributed by atoms with E-state index >= 15 is 0 Å². The van der Waals surface area contributed by atoms with Gasteiger partial charge >= 0.3 is 0 Å². The summed E-state index contributed by atoms with van der Waals surface area (Å²) in [6.45, 7) is 0.667. The van der Waals surface area contributed by atoms with Crippen LogP contribution in [0.1, 0.15) is 54.8 Å². The van der Waals surface area contributed by atoms with Crippen molar-refractivity contribution >= 4 is 17.5 Å². The molecule has 2 aromatic heterocycles. The minimum atomic E-state index is -0.798. The van der Waals surface area contributed by atoms with Crippen molar-refractivity contribution in [2.24, 2.45) is 0 Å². The van der Waals surface area contributed by atoms with E-state index in [9.17, 15) is 9.90 Å². The summed E-state index contributed by atoms with van der Waals surface area (Å²) in [5, 5.41) is 18.0. The highest BCUT2D eigenvalue weighted by Gasteiger charge is 2.28. The molecule has 0 atom stereocenters. The molecule has 1 aliphatic rings. The summed E-state index contributed by atoms with van der Waals surface area (Å²) in [5.41, 5.74) is -0.798. The van der Waals surface area contributed by atoms with Gasteiger partial charge in [0, 0.05) is 12.7 Å². The molecule has 2 aromatic rings. The third-order valence-electron chi connectivity index (χ3n) is 4.42. The van der Waals surface area contributed by atoms with Crippen LogP contribution in [0.3, 0.4) is 0 Å². The van der Waals surface area contributed by atoms with Crippen LogP contribution >= 0.6 is 11.6 Å². The van der Waals surface area contributed by atoms with Gasteiger partial charge in [0.25, 0.3) is 5.91 Å². The Kier molecular flexibility index (Phi) is 5.26. The minimum absolute atomic E-state index is 0.237. The van der Waals surface area contributed by atoms with Gasteiger partial charge in [-0.2, -0.15) is 5.10 Å². The summed E-state index contributed by atoms with van der Waals surface area (Å²) in [6.07, 6.45) is 9.00. The number of aromatic nitrogens is 2. The number of hydrogen-bond acceptors (Lipinski definition) is 4. The lowest BCUT2D eigenvalue weighted by Gasteiger charge is -2.26. The molecule has 1 aliphatic carbocycles. The van der Waals surface area contributed by atoms with E-state index in [0.717, 1.165) is 38.5 Å². The number of halogens is 1. The van der Waals surface area contributed by atoms with E-state index in [1.54, 1.807) is 29.2 Å². The molecule has 0 spiro atoms. The molecule has 0 radical (unpaired) electrons. The Hall–Kier alpha value is -1.79. The zero-order valence-corrected chi connectivity index (χ0v) is 14.3. The van der Waals surface area contributed by atoms with Gasteiger partial charge in [0.1, 0.15) is 5.76 Å². The Labute approximate surface area is 145 Å². The second-order valence-corrected chi connectivity index (χ2v) is 6.88. The molecule has 0 saturated heterocycles. The second-order valence-electron chi connectivity index (χ2n) is 6.44. The number of carbonyl (C=O) groups is 1. The van der Waals surface area contributed by atoms with E-state index in [4.69, 9.17) is 16.0 Å². The first kappa shape index (κ1) is 17.0. The van der Waals surface area contributed by atoms with Gasteiger partial charge < -0.3 is 14.8 Å². The Morgan fingerprint density at radius 3 is 2.75 bits per heavy atom. The summed E-state index contributed by atoms with van der Waals surface area (Å²) >= 11 is 5.82. The molecular weight excluding hydrogens is 330 g/mol. The highest BCUT2D eigenvalue weighted by Crippen LogP contribution is 2.26. The first-order valence-corrected chi connectivity index (χ1v) is 8.69. The minimum Gasteiger partial charge on any atom is -0.454 e. The summed E-state index contributed by atoms with van der Waals surface area (Å²) < 4.78 is 7.19. The van der Waals surface area contributed by atoms with Crippen LogP contribution in [-0.2, 0) is 6.54 Å². The smallest absolute Gasteiger partial charge is 0.287 e. The second kappa shape index (κ2) is 7.40. The van der Waals surface area contributed by atoms with E-state index in [-0.39, 0.29) is 18.2 Å². The van der Waals surface area contributed by atoms with E-state index in [1.807, 2.05) is 0 Å². The SMILES string of the molecule is O=C(NCC1(O)CCCCCC1)c1ccc(Cn2cc(Cl)cn2)o1. The van der Waals surface area contributed by atoms with Crippen molar-refractivity contribution in [2.75, 3.05) is 6.54 Å². The number of furan rings is 1. The molecule has 0 aromatic carbocycles. The van der Waals surface area contributed by atoms with Crippen LogP contribution in [-0.4, -0.2) is 32.9 Å². The molecule has 6 nitrogen and oxygen atoms in total. The number of hydrogen-bond donors (Lipinski definition) is 2. The first-order valence-electron chi connectivity index (χ1n) is 8.31. The molecule has 1 fully saturated rings. The average Bonchev–Trinajstić information content (AvgIpc) is 3.12. The zero-order valence-electron chi connectivity index (χ0n) is 13.5. The van der Waals surface area contributed by atoms with Crippen molar-refractivity contribution in [3.63, 3.8) is 0 Å². The van der Waals surface area contributed by atoms with E-state index in [0.29, 0.717) is 17.3 Å². The Bertz CT molecular complexity index is 687. The van der Waals surface area contributed by atoms with Crippen LogP contribution < -0.4 is 5.32 Å². The molecule has 130 valence electrons. The number of amides is 1. The summed E-state index contributed by atoms with van der Waals surface area (Å²) in [7, 11) is 0. The maximum absolute atomic E-state index is 12.2. The predicted octanol–water partition coefficient (Wildman–Crippen LogP) is 2.99. The van der Waals surface area contributed by atoms with Gasteiger partial charge in [-0.25, -0.2) is 0 Å². The predicted molar refractivity (Wildman–Crippen MR) is 90.0 cm³/mol. The lowest BCUT2D eigenvalue weighted by atomic mass is 9.94. The summed E-state index contributed by atoms with van der Waals surface area (Å²) in [4.78, 5) is 12.2. The van der Waals surface area contributed by atoms with Gasteiger partial charge in [0.05, 0.1) is 23.4 Å². The van der Waals surface area contributed by atoms with Crippen molar-refractivity contribution in [1.82, 2.24) is 15.1 Å². The van der Waals surface area contributed by atoms with Gasteiger partial charge in [0.2, 0.25) is 0 Å². The van der Waals surface area contributed by atoms with Crippen LogP contribution in [0.25, 0.3) is 0 Å². The normalized spacial score (nSPS) is 17.4. The number of aliphatic hydroxyl groups is 1. The van der Waals surface area contributed by atoms with Crippen molar-refractivity contribution in [1.29, 1.82) is 0 Å². The number of nitrogens with one attached hydrogen (secondary N) is 1. The number of nitrogens with zero attached hydrogens (tertiary/aromatic N) is 2. The van der Waals surface area contributed by atoms with Crippen LogP contribution in [0.15, 0.2) is 28.9 Å². The highest BCUT2D eigenvalue weighted by molar-refractivity contribution is 6.30. The molecule has 2 N–H and O–H groups in total. The molecule has 0 unspecified atom stereocenters. The lowest BCUT2D eigenvalue weighted by molar-refractivity contribution is 0.0243. The van der Waals surface area contributed by atoms with Gasteiger partial charge in [-0.15, -0.1) is 0 Å². The first-order chi connectivity index (χ1) is 11.5. The molecule has 24 heavy (non-hydrogen) atoms. The summed E-state index contributed by atoms with van der Waals surface area (Å²) in [6, 6.07) is 3.37. The van der Waals surface area contributed by atoms with Crippen LogP contribution in [0.4, 0.5) is 0 Å². The van der Waals surface area contributed by atoms with E-state index < -0.39 is 5.60 Å². The van der Waals surface area contributed by atoms with Gasteiger partial charge in [-0.1, -0.05) is 37.3 Å². The molecule has 3 rings (SSSR count). The zero-order chi connectivity index (χ0) is 17.0. The number of rotatable bonds is 5. The van der Waals surface area contributed by atoms with Crippen LogP contribution in [0.2, 0.25) is 5.02 Å². The van der Waals surface area contributed by atoms with Gasteiger partial charge in [-0.05, 0) is 25.0 Å². The van der Waals surface area contributed by atoms with Crippen molar-refractivity contribution < 1.29 is 14.3 Å². The van der Waals surface area contributed by atoms with Crippen LogP contribution in [0, 0.1) is 0 Å². The largest absolute Gasteiger partial charge is 0.454 e. The third kappa shape index (κ3) is 4.39. The van der Waals surface area contributed by atoms with Gasteiger partial charge in [-0.3, -0.25) is 9.48 Å². The molecule has 1 amide bonds. The fourth-order valence-electron chi connectivity index (χ4n) is 3.06. The van der Waals surface area contributed by atoms with E-state index in [1.165, 1.54) is 0 Å². The van der Waals surface area contributed by atoms with Crippen LogP contribution in [0.5, 0.6) is 0 Å². The Morgan fingerprint density at radius 2 is 2.08 bits per heavy atom. The molecule has 0 bridgehead atoms. The Morgan fingerprint density at radius 1 is 1.33 bits per heavy atom. The molecule has 1 saturated carbocycles. The third-order valence-corrected chi connectivity index (χ3v) is 4.61. The quantitative estimate of drug-likeness (QED) is 0.811. The van der Waals surface area contributed by atoms with Crippen molar-refractivity contribution in [3.05, 3.63) is 41.1 Å². The van der Waals surface area contributed by atoms with E-state index in [2.05, 4.69) is 10.4 Å². The molecule has 0 aliphatic heterocycles. The topological polar surface area (TPSA) is 80.3 Å². The van der Waals surface area contributed by atoms with Gasteiger partial charge in [0.15, 0.2) is 5.76 Å². The molecule has 2 heterocycles. The summed E-state index contributed by atoms with van der Waals surface area (Å²) in [5.74, 6) is 0.547. The molecular formula is C17H22ClN3O3. The monoisotopic (exact) mass is 351 g/mol.